The molecule has 3 atom stereocenters. The van der Waals surface area contributed by atoms with Gasteiger partial charge in [0, 0.05) is 107 Å². The molecule has 71 heavy (non-hydrogen) atoms. The van der Waals surface area contributed by atoms with Gasteiger partial charge < -0.3 is 44.2 Å². The van der Waals surface area contributed by atoms with Crippen molar-refractivity contribution in [2.75, 3.05) is 73.3 Å². The number of benzene rings is 2. The zero-order chi connectivity index (χ0) is 50.6. The molecule has 5 heterocycles. The van der Waals surface area contributed by atoms with Crippen LogP contribution in [0.3, 0.4) is 0 Å². The van der Waals surface area contributed by atoms with Crippen LogP contribution in [0.15, 0.2) is 65.3 Å². The van der Waals surface area contributed by atoms with Crippen molar-refractivity contribution in [2.24, 2.45) is 12.5 Å². The number of nitrogens with one attached hydrogen (secondary N) is 2. The summed E-state index contributed by atoms with van der Waals surface area (Å²) in [6.45, 7) is 13.2. The maximum absolute atomic E-state index is 14.7. The van der Waals surface area contributed by atoms with E-state index in [4.69, 9.17) is 18.9 Å². The zero-order valence-corrected chi connectivity index (χ0v) is 42.4. The number of alkyl halides is 1. The van der Waals surface area contributed by atoms with E-state index in [0.717, 1.165) is 76.7 Å². The Balaban J connectivity index is 0.833. The lowest BCUT2D eigenvalue weighted by Crippen LogP contribution is -2.59. The lowest BCUT2D eigenvalue weighted by Gasteiger charge is -2.35. The van der Waals surface area contributed by atoms with Crippen molar-refractivity contribution < 1.29 is 42.8 Å². The number of thiazole rings is 1. The minimum absolute atomic E-state index is 0.0210. The molecule has 380 valence electrons. The Morgan fingerprint density at radius 2 is 1.69 bits per heavy atom. The number of halogens is 1. The van der Waals surface area contributed by atoms with E-state index in [9.17, 15) is 28.7 Å². The average Bonchev–Trinajstić information content (AvgIpc) is 3.76. The van der Waals surface area contributed by atoms with Crippen molar-refractivity contribution in [3.8, 4) is 38.8 Å². The Kier molecular flexibility index (Phi) is 15.8. The summed E-state index contributed by atoms with van der Waals surface area (Å²) < 4.78 is 40.4. The summed E-state index contributed by atoms with van der Waals surface area (Å²) in [4.78, 5) is 69.0. The van der Waals surface area contributed by atoms with Crippen LogP contribution in [0, 0.1) is 12.3 Å². The number of nitrogens with zero attached hydrogens (tertiary/aromatic N) is 6. The molecule has 2 aromatic carbocycles. The van der Waals surface area contributed by atoms with Gasteiger partial charge in [0.1, 0.15) is 35.9 Å². The highest BCUT2D eigenvalue weighted by atomic mass is 32.1. The number of β-amino-alcohol motifs (C(OH)–C–C–N with tert-alkyl or cyclic N) is 1. The van der Waals surface area contributed by atoms with Crippen LogP contribution in [0.25, 0.3) is 32.3 Å². The van der Waals surface area contributed by atoms with Crippen molar-refractivity contribution in [3.63, 3.8) is 0 Å². The number of aromatic nitrogens is 3. The third-order valence-electron chi connectivity index (χ3n) is 13.7. The van der Waals surface area contributed by atoms with Gasteiger partial charge >= 0.3 is 0 Å². The van der Waals surface area contributed by atoms with E-state index in [-0.39, 0.29) is 44.5 Å². The number of pyridine rings is 2. The van der Waals surface area contributed by atoms with E-state index in [1.807, 2.05) is 49.5 Å². The lowest BCUT2D eigenvalue weighted by molar-refractivity contribution is -0.145. The Morgan fingerprint density at radius 3 is 2.38 bits per heavy atom. The molecule has 2 aliphatic heterocycles. The number of piperazine rings is 1. The standard InChI is InChI=1S/C52H65FN8O9S/c1-32-45(71-31-56-32)33-8-9-34(26-55-47(63)41-24-36(62)29-61(41)49(65)46(51(2,3)4)57-50(66)52(53)11-12-52)43(22-33)70-21-20-69-19-18-59-14-16-60(17-15-59)28-35-23-44(68-7)38(25-42(35)67-6)40-30-58(5)48(64)39-27-54-13-10-37(39)40/h8-10,13,22-23,25,27,30-31,36,41,46,62H,11-12,14-21,24,26,28-29H2,1-7H3,(H,55,63)(H,57,66)/t36-,41+,46-/m1/s1. The number of amides is 3. The fraction of sp³-hybridized carbons (Fsp3) is 0.500. The highest BCUT2D eigenvalue weighted by Gasteiger charge is 2.53. The first-order valence-electron chi connectivity index (χ1n) is 24.1. The second kappa shape index (κ2) is 21.8. The van der Waals surface area contributed by atoms with Crippen LogP contribution in [-0.2, 0) is 39.3 Å². The van der Waals surface area contributed by atoms with E-state index in [1.54, 1.807) is 64.5 Å². The molecule has 0 radical (unpaired) electrons. The second-order valence-corrected chi connectivity index (χ2v) is 20.6. The highest BCUT2D eigenvalue weighted by molar-refractivity contribution is 7.13. The van der Waals surface area contributed by atoms with E-state index >= 15 is 0 Å². The van der Waals surface area contributed by atoms with Crippen LogP contribution in [-0.4, -0.2) is 149 Å². The Labute approximate surface area is 417 Å². The van der Waals surface area contributed by atoms with Gasteiger partial charge in [-0.3, -0.25) is 34.0 Å². The number of carbonyl (C=O) groups excluding carboxylic acids is 3. The highest BCUT2D eigenvalue weighted by Crippen LogP contribution is 2.41. The quantitative estimate of drug-likeness (QED) is 0.0952. The molecule has 0 bridgehead atoms. The van der Waals surface area contributed by atoms with Gasteiger partial charge in [-0.15, -0.1) is 11.3 Å². The molecule has 3 amide bonds. The van der Waals surface area contributed by atoms with Gasteiger partial charge in [-0.1, -0.05) is 32.9 Å². The molecule has 5 aromatic rings. The fourth-order valence-electron chi connectivity index (χ4n) is 9.31. The smallest absolute Gasteiger partial charge is 0.259 e. The van der Waals surface area contributed by atoms with Crippen LogP contribution < -0.4 is 30.4 Å². The molecule has 2 saturated heterocycles. The first-order chi connectivity index (χ1) is 34.0. The number of fused-ring (bicyclic) bond motifs is 1. The summed E-state index contributed by atoms with van der Waals surface area (Å²) in [6, 6.07) is 9.54. The molecule has 0 unspecified atom stereocenters. The van der Waals surface area contributed by atoms with Gasteiger partial charge in [0.2, 0.25) is 11.8 Å². The third-order valence-corrected chi connectivity index (χ3v) is 14.6. The van der Waals surface area contributed by atoms with Crippen molar-refractivity contribution in [1.82, 2.24) is 39.9 Å². The summed E-state index contributed by atoms with van der Waals surface area (Å²) in [6.07, 6.45) is 4.39. The van der Waals surface area contributed by atoms with E-state index < -0.39 is 47.0 Å². The van der Waals surface area contributed by atoms with Crippen LogP contribution in [0.4, 0.5) is 4.39 Å². The number of hydrogen-bond acceptors (Lipinski definition) is 14. The van der Waals surface area contributed by atoms with Gasteiger partial charge in [0.25, 0.3) is 11.5 Å². The van der Waals surface area contributed by atoms with Gasteiger partial charge in [-0.2, -0.15) is 0 Å². The third kappa shape index (κ3) is 11.7. The molecular weight excluding hydrogens is 932 g/mol. The van der Waals surface area contributed by atoms with Crippen molar-refractivity contribution >= 4 is 39.8 Å². The predicted molar refractivity (Wildman–Crippen MR) is 268 cm³/mol. The minimum atomic E-state index is -1.98. The molecule has 17 nitrogen and oxygen atoms in total. The number of aliphatic hydroxyl groups is 1. The van der Waals surface area contributed by atoms with Crippen LogP contribution >= 0.6 is 11.3 Å². The SMILES string of the molecule is COc1cc(-c2cn(C)c(=O)c3cnccc23)c(OC)cc1CN1CCN(CCOCCOc2cc(-c3scnc3C)ccc2CNC(=O)[C@@H]2C[C@@H](O)CN2C(=O)[C@@H](NC(=O)C2(F)CC2)C(C)(C)C)CC1. The lowest BCUT2D eigenvalue weighted by atomic mass is 9.85. The van der Waals surface area contributed by atoms with Crippen molar-refractivity contribution in [2.45, 2.75) is 83.9 Å². The molecule has 1 aliphatic carbocycles. The molecular formula is C52H65FN8O9S. The Bertz CT molecular complexity index is 2800. The molecule has 3 aromatic heterocycles. The maximum Gasteiger partial charge on any atom is 0.259 e. The summed E-state index contributed by atoms with van der Waals surface area (Å²) in [5.74, 6) is 0.153. The Morgan fingerprint density at radius 1 is 0.944 bits per heavy atom. The number of aryl methyl sites for hydroxylation is 2. The molecule has 3 aliphatic rings. The molecule has 19 heteroatoms. The summed E-state index contributed by atoms with van der Waals surface area (Å²) in [5.41, 5.74) is 4.11. The van der Waals surface area contributed by atoms with Crippen LogP contribution in [0.2, 0.25) is 0 Å². The van der Waals surface area contributed by atoms with Crippen molar-refractivity contribution in [1.29, 1.82) is 0 Å². The maximum atomic E-state index is 14.7. The molecule has 3 N–H and O–H groups in total. The second-order valence-electron chi connectivity index (χ2n) is 19.8. The first-order valence-corrected chi connectivity index (χ1v) is 25.0. The monoisotopic (exact) mass is 996 g/mol. The summed E-state index contributed by atoms with van der Waals surface area (Å²) >= 11 is 1.52. The van der Waals surface area contributed by atoms with E-state index in [1.165, 1.54) is 16.2 Å². The van der Waals surface area contributed by atoms with E-state index in [2.05, 4.69) is 30.4 Å². The van der Waals surface area contributed by atoms with Gasteiger partial charge in [-0.05, 0) is 60.4 Å². The number of aliphatic hydroxyl groups excluding tert-OH is 1. The zero-order valence-electron chi connectivity index (χ0n) is 41.6. The normalized spacial score (nSPS) is 18.6. The van der Waals surface area contributed by atoms with Gasteiger partial charge in [0.15, 0.2) is 5.67 Å². The molecule has 3 fully saturated rings. The van der Waals surface area contributed by atoms with Crippen LogP contribution in [0.5, 0.6) is 17.2 Å². The van der Waals surface area contributed by atoms with E-state index in [0.29, 0.717) is 42.2 Å². The summed E-state index contributed by atoms with van der Waals surface area (Å²) in [7, 11) is 5.05. The number of likely N-dealkylation sites (tertiary alicyclic amines) is 1. The van der Waals surface area contributed by atoms with Crippen LogP contribution in [0.1, 0.15) is 56.9 Å². The molecule has 1 saturated carbocycles. The summed E-state index contributed by atoms with van der Waals surface area (Å²) in [5, 5.41) is 17.5. The Hall–Kier alpha value is -5.99. The largest absolute Gasteiger partial charge is 0.496 e. The fourth-order valence-corrected chi connectivity index (χ4v) is 10.1. The van der Waals surface area contributed by atoms with Gasteiger partial charge in [-0.25, -0.2) is 9.37 Å². The van der Waals surface area contributed by atoms with Gasteiger partial charge in [0.05, 0.1) is 55.0 Å². The average molecular weight is 997 g/mol. The number of hydrogen-bond donors (Lipinski definition) is 3. The number of ether oxygens (including phenoxy) is 4. The topological polar surface area (TPSA) is 190 Å². The minimum Gasteiger partial charge on any atom is -0.496 e. The molecule has 8 rings (SSSR count). The number of carbonyl (C=O) groups is 3. The predicted octanol–water partition coefficient (Wildman–Crippen LogP) is 4.87. The number of methoxy groups -OCH3 is 2. The number of rotatable bonds is 19. The van der Waals surface area contributed by atoms with Crippen molar-refractivity contribution in [3.05, 3.63) is 87.7 Å². The first kappa shape index (κ1) is 51.4. The molecule has 0 spiro atoms.